The number of carbonyl (C=O) groups is 1. The third kappa shape index (κ3) is 2.49. The van der Waals surface area contributed by atoms with Crippen LogP contribution in [0.15, 0.2) is 12.3 Å². The molecule has 2 N–H and O–H groups in total. The van der Waals surface area contributed by atoms with Gasteiger partial charge in [0.1, 0.15) is 0 Å². The molecule has 19 heavy (non-hydrogen) atoms. The van der Waals surface area contributed by atoms with Crippen molar-refractivity contribution in [1.29, 1.82) is 0 Å². The molecule has 0 bridgehead atoms. The number of nitrogens with one attached hydrogen (secondary N) is 2. The van der Waals surface area contributed by atoms with E-state index in [0.717, 1.165) is 25.9 Å². The number of nitrogens with zero attached hydrogens (tertiary/aromatic N) is 2. The van der Waals surface area contributed by atoms with Crippen LogP contribution in [0.4, 0.5) is 5.82 Å². The Labute approximate surface area is 119 Å². The zero-order chi connectivity index (χ0) is 12.6. The van der Waals surface area contributed by atoms with Crippen LogP contribution in [0.25, 0.3) is 0 Å². The molecule has 1 aliphatic carbocycles. The fourth-order valence-corrected chi connectivity index (χ4v) is 3.41. The van der Waals surface area contributed by atoms with Crippen LogP contribution in [-0.4, -0.2) is 28.8 Å². The first kappa shape index (κ1) is 14.3. The Bertz CT molecular complexity index is 461. The Kier molecular flexibility index (Phi) is 4.16. The Hall–Kier alpha value is -1.07. The fourth-order valence-electron chi connectivity index (χ4n) is 3.41. The second-order valence-electron chi connectivity index (χ2n) is 5.56. The first-order valence-electron chi connectivity index (χ1n) is 6.72. The lowest BCUT2D eigenvalue weighted by Gasteiger charge is -2.36. The highest BCUT2D eigenvalue weighted by molar-refractivity contribution is 5.95. The molecule has 1 aromatic heterocycles. The summed E-state index contributed by atoms with van der Waals surface area (Å²) in [5.41, 5.74) is -0.199. The summed E-state index contributed by atoms with van der Waals surface area (Å²) in [5.74, 6) is 1.30. The molecule has 0 aromatic carbocycles. The number of fused-ring (bicyclic) bond motifs is 1. The highest BCUT2D eigenvalue weighted by atomic mass is 35.5. The molecule has 2 fully saturated rings. The summed E-state index contributed by atoms with van der Waals surface area (Å²) in [4.78, 5) is 12.6. The first-order valence-corrected chi connectivity index (χ1v) is 6.72. The lowest BCUT2D eigenvalue weighted by molar-refractivity contribution is -0.128. The quantitative estimate of drug-likeness (QED) is 0.866. The van der Waals surface area contributed by atoms with Gasteiger partial charge in [0.05, 0.1) is 5.41 Å². The second kappa shape index (κ2) is 5.51. The summed E-state index contributed by atoms with van der Waals surface area (Å²) in [5, 5.41) is 10.6. The van der Waals surface area contributed by atoms with Gasteiger partial charge in [0, 0.05) is 25.9 Å². The number of aromatic nitrogens is 2. The van der Waals surface area contributed by atoms with E-state index in [4.69, 9.17) is 0 Å². The smallest absolute Gasteiger partial charge is 0.233 e. The molecule has 2 aliphatic rings. The molecule has 3 rings (SSSR count). The minimum atomic E-state index is -0.199. The number of aryl methyl sites for hydroxylation is 1. The lowest BCUT2D eigenvalue weighted by atomic mass is 9.67. The highest BCUT2D eigenvalue weighted by Gasteiger charge is 2.49. The van der Waals surface area contributed by atoms with Crippen LogP contribution in [0.1, 0.15) is 25.7 Å². The molecule has 1 aromatic rings. The number of hydrogen-bond acceptors (Lipinski definition) is 3. The number of amides is 1. The van der Waals surface area contributed by atoms with E-state index in [-0.39, 0.29) is 23.7 Å². The monoisotopic (exact) mass is 284 g/mol. The van der Waals surface area contributed by atoms with Gasteiger partial charge >= 0.3 is 0 Å². The van der Waals surface area contributed by atoms with Gasteiger partial charge in [-0.1, -0.05) is 12.8 Å². The van der Waals surface area contributed by atoms with Gasteiger partial charge in [0.2, 0.25) is 5.91 Å². The van der Waals surface area contributed by atoms with Crippen LogP contribution < -0.4 is 10.6 Å². The van der Waals surface area contributed by atoms with Crippen LogP contribution >= 0.6 is 12.4 Å². The second-order valence-corrected chi connectivity index (χ2v) is 5.56. The maximum atomic E-state index is 12.6. The Morgan fingerprint density at radius 2 is 2.42 bits per heavy atom. The third-order valence-electron chi connectivity index (χ3n) is 4.45. The van der Waals surface area contributed by atoms with Crippen molar-refractivity contribution in [3.8, 4) is 0 Å². The average molecular weight is 285 g/mol. The van der Waals surface area contributed by atoms with Crippen LogP contribution in [0.2, 0.25) is 0 Å². The van der Waals surface area contributed by atoms with E-state index in [0.29, 0.717) is 11.7 Å². The number of rotatable bonds is 2. The number of anilines is 1. The molecule has 106 valence electrons. The maximum absolute atomic E-state index is 12.6. The summed E-state index contributed by atoms with van der Waals surface area (Å²) >= 11 is 0. The molecule has 0 unspecified atom stereocenters. The Balaban J connectivity index is 0.00000133. The SMILES string of the molecule is Cl.Cn1ccc(NC(=O)[C@@]23CCCC[C@H]2CNC3)n1. The molecular formula is C13H21ClN4O. The van der Waals surface area contributed by atoms with E-state index in [9.17, 15) is 4.79 Å². The molecule has 5 nitrogen and oxygen atoms in total. The summed E-state index contributed by atoms with van der Waals surface area (Å²) in [7, 11) is 1.86. The van der Waals surface area contributed by atoms with Crippen molar-refractivity contribution in [2.75, 3.05) is 18.4 Å². The van der Waals surface area contributed by atoms with Crippen molar-refractivity contribution in [3.05, 3.63) is 12.3 Å². The molecule has 0 spiro atoms. The summed E-state index contributed by atoms with van der Waals surface area (Å²) in [6, 6.07) is 1.84. The predicted octanol–water partition coefficient (Wildman–Crippen LogP) is 1.56. The number of carbonyl (C=O) groups excluding carboxylic acids is 1. The average Bonchev–Trinajstić information content (AvgIpc) is 2.96. The van der Waals surface area contributed by atoms with E-state index >= 15 is 0 Å². The molecule has 1 saturated heterocycles. The van der Waals surface area contributed by atoms with Crippen molar-refractivity contribution >= 4 is 24.1 Å². The summed E-state index contributed by atoms with van der Waals surface area (Å²) in [6.07, 6.45) is 6.43. The molecule has 2 atom stereocenters. The Morgan fingerprint density at radius 1 is 1.58 bits per heavy atom. The standard InChI is InChI=1S/C13H20N4O.ClH/c1-17-7-5-11(16-17)15-12(18)13-6-3-2-4-10(13)8-14-9-13;/h5,7,10,14H,2-4,6,8-9H2,1H3,(H,15,16,18);1H/t10-,13+;/m0./s1. The minimum absolute atomic E-state index is 0. The van der Waals surface area contributed by atoms with Crippen molar-refractivity contribution in [1.82, 2.24) is 15.1 Å². The van der Waals surface area contributed by atoms with E-state index in [1.807, 2.05) is 19.3 Å². The first-order chi connectivity index (χ1) is 8.71. The zero-order valence-corrected chi connectivity index (χ0v) is 12.0. The van der Waals surface area contributed by atoms with Crippen molar-refractivity contribution < 1.29 is 4.79 Å². The normalized spacial score (nSPS) is 29.4. The molecule has 6 heteroatoms. The van der Waals surface area contributed by atoms with Crippen molar-refractivity contribution in [2.24, 2.45) is 18.4 Å². The van der Waals surface area contributed by atoms with Crippen LogP contribution in [0.5, 0.6) is 0 Å². The van der Waals surface area contributed by atoms with Crippen LogP contribution in [0.3, 0.4) is 0 Å². The number of hydrogen-bond donors (Lipinski definition) is 2. The molecular weight excluding hydrogens is 264 g/mol. The van der Waals surface area contributed by atoms with E-state index < -0.39 is 0 Å². The maximum Gasteiger partial charge on any atom is 0.233 e. The van der Waals surface area contributed by atoms with Crippen LogP contribution in [0, 0.1) is 11.3 Å². The molecule has 1 amide bonds. The van der Waals surface area contributed by atoms with Gasteiger partial charge < -0.3 is 10.6 Å². The van der Waals surface area contributed by atoms with E-state index in [2.05, 4.69) is 15.7 Å². The molecule has 1 aliphatic heterocycles. The lowest BCUT2D eigenvalue weighted by Crippen LogP contribution is -2.44. The van der Waals surface area contributed by atoms with Gasteiger partial charge in [-0.15, -0.1) is 12.4 Å². The minimum Gasteiger partial charge on any atom is -0.315 e. The summed E-state index contributed by atoms with van der Waals surface area (Å²) < 4.78 is 1.71. The van der Waals surface area contributed by atoms with E-state index in [1.165, 1.54) is 12.8 Å². The van der Waals surface area contributed by atoms with Gasteiger partial charge in [-0.25, -0.2) is 0 Å². The Morgan fingerprint density at radius 3 is 3.16 bits per heavy atom. The zero-order valence-electron chi connectivity index (χ0n) is 11.2. The number of halogens is 1. The third-order valence-corrected chi connectivity index (χ3v) is 4.45. The van der Waals surface area contributed by atoms with Crippen LogP contribution in [-0.2, 0) is 11.8 Å². The van der Waals surface area contributed by atoms with Gasteiger partial charge in [-0.05, 0) is 25.3 Å². The van der Waals surface area contributed by atoms with Gasteiger partial charge in [0.25, 0.3) is 0 Å². The van der Waals surface area contributed by atoms with Crippen molar-refractivity contribution in [3.63, 3.8) is 0 Å². The molecule has 2 heterocycles. The highest BCUT2D eigenvalue weighted by Crippen LogP contribution is 2.44. The molecule has 0 radical (unpaired) electrons. The van der Waals surface area contributed by atoms with Gasteiger partial charge in [0.15, 0.2) is 5.82 Å². The fraction of sp³-hybridized carbons (Fsp3) is 0.692. The molecule has 1 saturated carbocycles. The van der Waals surface area contributed by atoms with Crippen molar-refractivity contribution in [2.45, 2.75) is 25.7 Å². The van der Waals surface area contributed by atoms with E-state index in [1.54, 1.807) is 4.68 Å². The summed E-state index contributed by atoms with van der Waals surface area (Å²) in [6.45, 7) is 1.80. The predicted molar refractivity (Wildman–Crippen MR) is 76.3 cm³/mol. The largest absolute Gasteiger partial charge is 0.315 e. The van der Waals surface area contributed by atoms with Gasteiger partial charge in [-0.3, -0.25) is 9.48 Å². The topological polar surface area (TPSA) is 59.0 Å². The van der Waals surface area contributed by atoms with Gasteiger partial charge in [-0.2, -0.15) is 5.10 Å².